The molecule has 1 atom stereocenters. The minimum Gasteiger partial charge on any atom is -0.369 e. The fourth-order valence-electron chi connectivity index (χ4n) is 4.00. The van der Waals surface area contributed by atoms with E-state index in [1.165, 1.54) is 19.3 Å². The standard InChI is InChI=1S/C22H29N5O2/c28-22(26-17-6-2-1-3-7-17)16-27-12-13-29-20(15-27)19-10-9-18(14-24-19)25-21-8-4-5-11-23-21/h4-5,8-11,14,17,20H,1-3,6-7,12-13,15-16H2,(H,23,25)(H,26,28)/t20-/m1/s1. The first-order valence-electron chi connectivity index (χ1n) is 10.5. The zero-order valence-corrected chi connectivity index (χ0v) is 16.7. The number of ether oxygens (including phenoxy) is 1. The molecule has 154 valence electrons. The molecule has 0 bridgehead atoms. The van der Waals surface area contributed by atoms with Gasteiger partial charge in [-0.2, -0.15) is 0 Å². The molecule has 2 aliphatic rings. The van der Waals surface area contributed by atoms with Gasteiger partial charge in [-0.05, 0) is 37.1 Å². The molecule has 2 aromatic rings. The van der Waals surface area contributed by atoms with Crippen molar-refractivity contribution in [1.82, 2.24) is 20.2 Å². The van der Waals surface area contributed by atoms with Crippen LogP contribution in [0.2, 0.25) is 0 Å². The summed E-state index contributed by atoms with van der Waals surface area (Å²) in [6.45, 7) is 2.48. The first-order valence-corrected chi connectivity index (χ1v) is 10.5. The zero-order valence-electron chi connectivity index (χ0n) is 16.7. The van der Waals surface area contributed by atoms with E-state index in [4.69, 9.17) is 4.74 Å². The quantitative estimate of drug-likeness (QED) is 0.783. The van der Waals surface area contributed by atoms with Crippen molar-refractivity contribution in [3.8, 4) is 0 Å². The number of nitrogens with zero attached hydrogens (tertiary/aromatic N) is 3. The van der Waals surface area contributed by atoms with Gasteiger partial charge in [0.25, 0.3) is 0 Å². The van der Waals surface area contributed by atoms with Gasteiger partial charge in [-0.3, -0.25) is 14.7 Å². The summed E-state index contributed by atoms with van der Waals surface area (Å²) in [4.78, 5) is 23.4. The molecular weight excluding hydrogens is 366 g/mol. The van der Waals surface area contributed by atoms with Crippen LogP contribution in [0.15, 0.2) is 42.7 Å². The lowest BCUT2D eigenvalue weighted by Gasteiger charge is -2.32. The average molecular weight is 396 g/mol. The van der Waals surface area contributed by atoms with E-state index >= 15 is 0 Å². The lowest BCUT2D eigenvalue weighted by molar-refractivity contribution is -0.125. The van der Waals surface area contributed by atoms with Crippen molar-refractivity contribution in [3.05, 3.63) is 48.4 Å². The molecular formula is C22H29N5O2. The van der Waals surface area contributed by atoms with Crippen molar-refractivity contribution < 1.29 is 9.53 Å². The van der Waals surface area contributed by atoms with E-state index in [1.807, 2.05) is 30.3 Å². The number of hydrogen-bond acceptors (Lipinski definition) is 6. The maximum atomic E-state index is 12.4. The van der Waals surface area contributed by atoms with Crippen LogP contribution < -0.4 is 10.6 Å². The third-order valence-corrected chi connectivity index (χ3v) is 5.54. The number of nitrogens with one attached hydrogen (secondary N) is 2. The number of carbonyl (C=O) groups is 1. The summed E-state index contributed by atoms with van der Waals surface area (Å²) in [6, 6.07) is 10.0. The fourth-order valence-corrected chi connectivity index (χ4v) is 4.00. The molecule has 1 amide bonds. The number of pyridine rings is 2. The lowest BCUT2D eigenvalue weighted by Crippen LogP contribution is -2.46. The van der Waals surface area contributed by atoms with Crippen LogP contribution in [0, 0.1) is 0 Å². The molecule has 2 fully saturated rings. The maximum Gasteiger partial charge on any atom is 0.234 e. The van der Waals surface area contributed by atoms with Crippen molar-refractivity contribution in [2.75, 3.05) is 31.6 Å². The second-order valence-electron chi connectivity index (χ2n) is 7.81. The fraction of sp³-hybridized carbons (Fsp3) is 0.500. The Morgan fingerprint density at radius 3 is 2.79 bits per heavy atom. The molecule has 3 heterocycles. The Bertz CT molecular complexity index is 778. The molecule has 1 aliphatic carbocycles. The van der Waals surface area contributed by atoms with Crippen LogP contribution in [0.5, 0.6) is 0 Å². The molecule has 7 nitrogen and oxygen atoms in total. The Labute approximate surface area is 171 Å². The van der Waals surface area contributed by atoms with Gasteiger partial charge in [-0.15, -0.1) is 0 Å². The molecule has 29 heavy (non-hydrogen) atoms. The molecule has 0 radical (unpaired) electrons. The largest absolute Gasteiger partial charge is 0.369 e. The Kier molecular flexibility index (Phi) is 6.69. The number of anilines is 2. The third-order valence-electron chi connectivity index (χ3n) is 5.54. The summed E-state index contributed by atoms with van der Waals surface area (Å²) < 4.78 is 5.92. The van der Waals surface area contributed by atoms with Crippen LogP contribution in [0.1, 0.15) is 43.9 Å². The molecule has 0 aromatic carbocycles. The molecule has 7 heteroatoms. The van der Waals surface area contributed by atoms with E-state index in [-0.39, 0.29) is 12.0 Å². The smallest absolute Gasteiger partial charge is 0.234 e. The van der Waals surface area contributed by atoms with E-state index < -0.39 is 0 Å². The summed E-state index contributed by atoms with van der Waals surface area (Å²) in [5.41, 5.74) is 1.76. The minimum atomic E-state index is -0.116. The summed E-state index contributed by atoms with van der Waals surface area (Å²) in [5, 5.41) is 6.43. The monoisotopic (exact) mass is 395 g/mol. The molecule has 1 saturated heterocycles. The van der Waals surface area contributed by atoms with E-state index in [1.54, 1.807) is 12.4 Å². The van der Waals surface area contributed by atoms with Crippen LogP contribution in [0.3, 0.4) is 0 Å². The molecule has 1 aliphatic heterocycles. The SMILES string of the molecule is O=C(CN1CCO[C@@H](c2ccc(Nc3ccccn3)cn2)C1)NC1CCCCC1. The highest BCUT2D eigenvalue weighted by Crippen LogP contribution is 2.23. The average Bonchev–Trinajstić information content (AvgIpc) is 2.76. The minimum absolute atomic E-state index is 0.116. The Balaban J connectivity index is 1.29. The first kappa shape index (κ1) is 19.8. The summed E-state index contributed by atoms with van der Waals surface area (Å²) in [6.07, 6.45) is 9.39. The molecule has 2 N–H and O–H groups in total. The van der Waals surface area contributed by atoms with E-state index in [0.717, 1.165) is 36.6 Å². The number of carbonyl (C=O) groups excluding carboxylic acids is 1. The number of morpholine rings is 1. The van der Waals surface area contributed by atoms with Crippen LogP contribution in [0.25, 0.3) is 0 Å². The van der Waals surface area contributed by atoms with Crippen molar-refractivity contribution in [1.29, 1.82) is 0 Å². The van der Waals surface area contributed by atoms with E-state index in [0.29, 0.717) is 25.7 Å². The predicted octanol–water partition coefficient (Wildman–Crippen LogP) is 3.04. The molecule has 4 rings (SSSR count). The lowest BCUT2D eigenvalue weighted by atomic mass is 9.95. The van der Waals surface area contributed by atoms with Gasteiger partial charge in [0.05, 0.1) is 30.7 Å². The van der Waals surface area contributed by atoms with Gasteiger partial charge in [0.1, 0.15) is 11.9 Å². The van der Waals surface area contributed by atoms with Crippen LogP contribution in [-0.2, 0) is 9.53 Å². The summed E-state index contributed by atoms with van der Waals surface area (Å²) >= 11 is 0. The van der Waals surface area contributed by atoms with Gasteiger partial charge in [-0.25, -0.2) is 4.98 Å². The Hall–Kier alpha value is -2.51. The van der Waals surface area contributed by atoms with Crippen LogP contribution >= 0.6 is 0 Å². The molecule has 2 aromatic heterocycles. The highest BCUT2D eigenvalue weighted by atomic mass is 16.5. The van der Waals surface area contributed by atoms with Gasteiger partial charge in [0.15, 0.2) is 0 Å². The zero-order chi connectivity index (χ0) is 19.9. The Morgan fingerprint density at radius 1 is 1.14 bits per heavy atom. The number of aromatic nitrogens is 2. The normalized spacial score (nSPS) is 20.9. The highest BCUT2D eigenvalue weighted by molar-refractivity contribution is 5.78. The summed E-state index contributed by atoms with van der Waals surface area (Å²) in [5.74, 6) is 0.909. The van der Waals surface area contributed by atoms with Crippen molar-refractivity contribution in [2.24, 2.45) is 0 Å². The Morgan fingerprint density at radius 2 is 2.03 bits per heavy atom. The first-order chi connectivity index (χ1) is 14.3. The second-order valence-corrected chi connectivity index (χ2v) is 7.81. The van der Waals surface area contributed by atoms with Gasteiger partial charge >= 0.3 is 0 Å². The van der Waals surface area contributed by atoms with Crippen molar-refractivity contribution in [2.45, 2.75) is 44.2 Å². The van der Waals surface area contributed by atoms with Crippen LogP contribution in [-0.4, -0.2) is 53.1 Å². The molecule has 1 saturated carbocycles. The topological polar surface area (TPSA) is 79.4 Å². The molecule has 0 unspecified atom stereocenters. The number of hydrogen-bond donors (Lipinski definition) is 2. The van der Waals surface area contributed by atoms with Gasteiger partial charge in [0, 0.05) is 25.3 Å². The van der Waals surface area contributed by atoms with E-state index in [9.17, 15) is 4.79 Å². The van der Waals surface area contributed by atoms with Crippen molar-refractivity contribution in [3.63, 3.8) is 0 Å². The molecule has 0 spiro atoms. The number of rotatable bonds is 6. The van der Waals surface area contributed by atoms with Crippen LogP contribution in [0.4, 0.5) is 11.5 Å². The summed E-state index contributed by atoms with van der Waals surface area (Å²) in [7, 11) is 0. The number of amides is 1. The predicted molar refractivity (Wildman–Crippen MR) is 112 cm³/mol. The van der Waals surface area contributed by atoms with Gasteiger partial charge in [0.2, 0.25) is 5.91 Å². The third kappa shape index (κ3) is 5.74. The maximum absolute atomic E-state index is 12.4. The van der Waals surface area contributed by atoms with E-state index in [2.05, 4.69) is 25.5 Å². The van der Waals surface area contributed by atoms with Gasteiger partial charge in [-0.1, -0.05) is 25.3 Å². The van der Waals surface area contributed by atoms with Gasteiger partial charge < -0.3 is 15.4 Å². The second kappa shape index (κ2) is 9.80. The highest BCUT2D eigenvalue weighted by Gasteiger charge is 2.25. The van der Waals surface area contributed by atoms with Crippen molar-refractivity contribution >= 4 is 17.4 Å².